The van der Waals surface area contributed by atoms with Gasteiger partial charge in [-0.15, -0.1) is 0 Å². The number of ether oxygens (including phenoxy) is 1. The third-order valence-corrected chi connectivity index (χ3v) is 5.75. The largest absolute Gasteiger partial charge is 0.392 e. The van der Waals surface area contributed by atoms with Gasteiger partial charge in [-0.2, -0.15) is 4.98 Å². The minimum absolute atomic E-state index is 0.0427. The van der Waals surface area contributed by atoms with Gasteiger partial charge in [0.25, 0.3) is 5.89 Å². The zero-order chi connectivity index (χ0) is 17.3. The van der Waals surface area contributed by atoms with Crippen LogP contribution in [0, 0.1) is 5.41 Å². The first-order chi connectivity index (χ1) is 12.2. The summed E-state index contributed by atoms with van der Waals surface area (Å²) in [5, 5.41) is 14.4. The fraction of sp³-hybridized carbons (Fsp3) is 0.579. The molecule has 1 saturated carbocycles. The molecule has 1 aliphatic heterocycles. The molecule has 1 N–H and O–H groups in total. The number of aliphatic hydroxyl groups excluding tert-OH is 1. The molecule has 0 bridgehead atoms. The molecule has 134 valence electrons. The highest BCUT2D eigenvalue weighted by Crippen LogP contribution is 2.51. The van der Waals surface area contributed by atoms with Gasteiger partial charge in [0.15, 0.2) is 5.82 Å². The molecule has 1 saturated heterocycles. The number of nitrogens with zero attached hydrogens (tertiary/aromatic N) is 3. The van der Waals surface area contributed by atoms with Crippen molar-refractivity contribution in [3.05, 3.63) is 36.2 Å². The van der Waals surface area contributed by atoms with Gasteiger partial charge in [0.1, 0.15) is 0 Å². The fourth-order valence-corrected chi connectivity index (χ4v) is 4.16. The van der Waals surface area contributed by atoms with Crippen LogP contribution < -0.4 is 0 Å². The van der Waals surface area contributed by atoms with E-state index < -0.39 is 0 Å². The Hall–Kier alpha value is -1.76. The van der Waals surface area contributed by atoms with Gasteiger partial charge < -0.3 is 14.4 Å². The average Bonchev–Trinajstić information content (AvgIpc) is 3.11. The third kappa shape index (κ3) is 3.10. The predicted molar refractivity (Wildman–Crippen MR) is 92.7 cm³/mol. The number of aliphatic hydroxyl groups is 1. The maximum Gasteiger partial charge on any atom is 0.257 e. The van der Waals surface area contributed by atoms with E-state index >= 15 is 0 Å². The minimum atomic E-state index is -0.221. The van der Waals surface area contributed by atoms with Gasteiger partial charge in [-0.05, 0) is 45.0 Å². The molecule has 1 spiro atoms. The quantitative estimate of drug-likeness (QED) is 0.899. The molecular weight excluding hydrogens is 318 g/mol. The topological polar surface area (TPSA) is 71.6 Å². The van der Waals surface area contributed by atoms with Crippen LogP contribution in [0.25, 0.3) is 11.5 Å². The van der Waals surface area contributed by atoms with Gasteiger partial charge in [-0.1, -0.05) is 23.4 Å². The normalized spacial score (nSPS) is 25.8. The minimum Gasteiger partial charge on any atom is -0.392 e. The summed E-state index contributed by atoms with van der Waals surface area (Å²) < 4.78 is 11.2. The van der Waals surface area contributed by atoms with Gasteiger partial charge >= 0.3 is 0 Å². The van der Waals surface area contributed by atoms with Crippen molar-refractivity contribution in [2.24, 2.45) is 5.41 Å². The summed E-state index contributed by atoms with van der Waals surface area (Å²) in [5.41, 5.74) is 0.898. The zero-order valence-corrected chi connectivity index (χ0v) is 14.6. The maximum atomic E-state index is 10.3. The lowest BCUT2D eigenvalue weighted by Gasteiger charge is -2.56. The molecule has 2 unspecified atom stereocenters. The Morgan fingerprint density at radius 1 is 1.28 bits per heavy atom. The number of piperidine rings is 1. The predicted octanol–water partition coefficient (Wildman–Crippen LogP) is 2.49. The number of hydrogen-bond donors (Lipinski definition) is 1. The van der Waals surface area contributed by atoms with E-state index in [2.05, 4.69) is 15.0 Å². The van der Waals surface area contributed by atoms with E-state index in [1.165, 1.54) is 0 Å². The first kappa shape index (κ1) is 16.7. The van der Waals surface area contributed by atoms with E-state index in [1.807, 2.05) is 37.3 Å². The molecule has 2 heterocycles. The Morgan fingerprint density at radius 2 is 2.04 bits per heavy atom. The summed E-state index contributed by atoms with van der Waals surface area (Å²) in [6.07, 6.45) is 2.69. The summed E-state index contributed by atoms with van der Waals surface area (Å²) in [4.78, 5) is 6.84. The summed E-state index contributed by atoms with van der Waals surface area (Å²) >= 11 is 0. The van der Waals surface area contributed by atoms with Crippen LogP contribution in [0.1, 0.15) is 32.0 Å². The Balaban J connectivity index is 1.36. The SMILES string of the molecule is CCOC1CC(O)C12CCN(Cc1noc(-c3ccccc3)n1)CC2. The van der Waals surface area contributed by atoms with E-state index in [0.29, 0.717) is 24.9 Å². The Morgan fingerprint density at radius 3 is 2.72 bits per heavy atom. The molecule has 0 amide bonds. The van der Waals surface area contributed by atoms with Crippen LogP contribution >= 0.6 is 0 Å². The summed E-state index contributed by atoms with van der Waals surface area (Å²) in [5.74, 6) is 1.28. The van der Waals surface area contributed by atoms with Gasteiger partial charge in [0.2, 0.25) is 0 Å². The molecule has 2 atom stereocenters. The van der Waals surface area contributed by atoms with Gasteiger partial charge in [-0.25, -0.2) is 0 Å². The molecule has 6 nitrogen and oxygen atoms in total. The Kier molecular flexibility index (Phi) is 4.58. The maximum absolute atomic E-state index is 10.3. The van der Waals surface area contributed by atoms with Crippen LogP contribution in [0.5, 0.6) is 0 Å². The molecule has 1 aromatic carbocycles. The monoisotopic (exact) mass is 343 g/mol. The van der Waals surface area contributed by atoms with E-state index in [4.69, 9.17) is 9.26 Å². The lowest BCUT2D eigenvalue weighted by atomic mass is 9.58. The smallest absolute Gasteiger partial charge is 0.257 e. The summed E-state index contributed by atoms with van der Waals surface area (Å²) in [6, 6.07) is 9.82. The van der Waals surface area contributed by atoms with Crippen molar-refractivity contribution in [2.45, 2.75) is 44.9 Å². The standard InChI is InChI=1S/C19H25N3O3/c1-2-24-16-12-15(23)19(16)8-10-22(11-9-19)13-17-20-18(25-21-17)14-6-4-3-5-7-14/h3-7,15-16,23H,2,8-13H2,1H3. The Labute approximate surface area is 147 Å². The highest BCUT2D eigenvalue weighted by Gasteiger charge is 2.55. The molecule has 2 aromatic rings. The van der Waals surface area contributed by atoms with Crippen LogP contribution in [0.4, 0.5) is 0 Å². The van der Waals surface area contributed by atoms with Crippen LogP contribution in [0.2, 0.25) is 0 Å². The van der Waals surface area contributed by atoms with Crippen molar-refractivity contribution in [1.29, 1.82) is 0 Å². The number of benzene rings is 1. The molecule has 0 radical (unpaired) electrons. The number of likely N-dealkylation sites (tertiary alicyclic amines) is 1. The molecule has 6 heteroatoms. The van der Waals surface area contributed by atoms with E-state index in [9.17, 15) is 5.11 Å². The van der Waals surface area contributed by atoms with Crippen molar-refractivity contribution in [3.63, 3.8) is 0 Å². The summed E-state index contributed by atoms with van der Waals surface area (Å²) in [7, 11) is 0. The van der Waals surface area contributed by atoms with Crippen molar-refractivity contribution in [3.8, 4) is 11.5 Å². The molecule has 4 rings (SSSR count). The molecular formula is C19H25N3O3. The van der Waals surface area contributed by atoms with Crippen molar-refractivity contribution in [1.82, 2.24) is 15.0 Å². The fourth-order valence-electron chi connectivity index (χ4n) is 4.16. The van der Waals surface area contributed by atoms with Gasteiger partial charge in [0, 0.05) is 24.0 Å². The average molecular weight is 343 g/mol. The second-order valence-electron chi connectivity index (χ2n) is 7.09. The lowest BCUT2D eigenvalue weighted by molar-refractivity contribution is -0.210. The molecule has 1 aromatic heterocycles. The van der Waals surface area contributed by atoms with Crippen molar-refractivity contribution >= 4 is 0 Å². The highest BCUT2D eigenvalue weighted by molar-refractivity contribution is 5.51. The second kappa shape index (κ2) is 6.86. The molecule has 2 fully saturated rings. The molecule has 25 heavy (non-hydrogen) atoms. The van der Waals surface area contributed by atoms with Crippen LogP contribution in [-0.4, -0.2) is 52.1 Å². The van der Waals surface area contributed by atoms with E-state index in [0.717, 1.165) is 37.9 Å². The van der Waals surface area contributed by atoms with Gasteiger partial charge in [-0.3, -0.25) is 4.90 Å². The number of rotatable bonds is 5. The molecule has 2 aliphatic rings. The van der Waals surface area contributed by atoms with Crippen LogP contribution in [-0.2, 0) is 11.3 Å². The van der Waals surface area contributed by atoms with Gasteiger partial charge in [0.05, 0.1) is 18.8 Å². The van der Waals surface area contributed by atoms with Crippen molar-refractivity contribution in [2.75, 3.05) is 19.7 Å². The van der Waals surface area contributed by atoms with Crippen molar-refractivity contribution < 1.29 is 14.4 Å². The Bertz CT molecular complexity index is 693. The number of aromatic nitrogens is 2. The molecule has 1 aliphatic carbocycles. The first-order valence-corrected chi connectivity index (χ1v) is 9.11. The highest BCUT2D eigenvalue weighted by atomic mass is 16.5. The van der Waals surface area contributed by atoms with Crippen LogP contribution in [0.15, 0.2) is 34.9 Å². The van der Waals surface area contributed by atoms with Crippen LogP contribution in [0.3, 0.4) is 0 Å². The summed E-state index contributed by atoms with van der Waals surface area (Å²) in [6.45, 7) is 5.27. The third-order valence-electron chi connectivity index (χ3n) is 5.75. The van der Waals surface area contributed by atoms with E-state index in [1.54, 1.807) is 0 Å². The zero-order valence-electron chi connectivity index (χ0n) is 14.6. The van der Waals surface area contributed by atoms with E-state index in [-0.39, 0.29) is 17.6 Å². The lowest BCUT2D eigenvalue weighted by Crippen LogP contribution is -2.62. The number of hydrogen-bond acceptors (Lipinski definition) is 6. The second-order valence-corrected chi connectivity index (χ2v) is 7.09. The first-order valence-electron chi connectivity index (χ1n) is 9.11.